The lowest BCUT2D eigenvalue weighted by Crippen LogP contribution is -2.35. The summed E-state index contributed by atoms with van der Waals surface area (Å²) in [6.45, 7) is 4.81. The van der Waals surface area contributed by atoms with Crippen LogP contribution in [0, 0.1) is 0 Å². The Balaban J connectivity index is 1.76. The fourth-order valence-corrected chi connectivity index (χ4v) is 5.26. The molecule has 3 heterocycles. The summed E-state index contributed by atoms with van der Waals surface area (Å²) in [7, 11) is 0. The van der Waals surface area contributed by atoms with Crippen LogP contribution in [-0.2, 0) is 0 Å². The molecule has 2 aliphatic heterocycles. The molecule has 0 bridgehead atoms. The highest BCUT2D eigenvalue weighted by Gasteiger charge is 2.45. The van der Waals surface area contributed by atoms with Gasteiger partial charge in [-0.1, -0.05) is 42.4 Å². The number of hydrogen-bond donors (Lipinski definition) is 0. The van der Waals surface area contributed by atoms with Crippen molar-refractivity contribution >= 4 is 28.5 Å². The number of amidine groups is 1. The van der Waals surface area contributed by atoms with Gasteiger partial charge < -0.3 is 9.64 Å². The molecule has 3 atom stereocenters. The molecule has 0 radical (unpaired) electrons. The van der Waals surface area contributed by atoms with E-state index in [1.807, 2.05) is 49.1 Å². The van der Waals surface area contributed by atoms with Crippen molar-refractivity contribution in [3.8, 4) is 5.75 Å². The number of aliphatic imine (C=N–C) groups is 1. The quantitative estimate of drug-likeness (QED) is 0.714. The molecule has 4 rings (SSSR count). The summed E-state index contributed by atoms with van der Waals surface area (Å²) in [4.78, 5) is 12.1. The third-order valence-corrected chi connectivity index (χ3v) is 6.35. The average molecular weight is 388 g/mol. The number of halogens is 1. The van der Waals surface area contributed by atoms with Crippen LogP contribution in [0.2, 0.25) is 5.02 Å². The van der Waals surface area contributed by atoms with Gasteiger partial charge in [0, 0.05) is 18.0 Å². The monoisotopic (exact) mass is 387 g/mol. The maximum absolute atomic E-state index is 6.49. The molecule has 136 valence electrons. The lowest BCUT2D eigenvalue weighted by atomic mass is 9.95. The Morgan fingerprint density at radius 1 is 1.27 bits per heavy atom. The third-order valence-electron chi connectivity index (χ3n) is 4.93. The van der Waals surface area contributed by atoms with Crippen LogP contribution in [0.25, 0.3) is 0 Å². The van der Waals surface area contributed by atoms with Crippen molar-refractivity contribution in [2.75, 3.05) is 12.4 Å². The first-order valence-corrected chi connectivity index (χ1v) is 10.4. The predicted molar refractivity (Wildman–Crippen MR) is 108 cm³/mol. The van der Waals surface area contributed by atoms with Crippen molar-refractivity contribution in [2.24, 2.45) is 4.99 Å². The number of pyridine rings is 1. The first-order chi connectivity index (χ1) is 12.7. The standard InChI is InChI=1S/C20H22ClN3OS/c1-3-14-12-26-20-23-18(16-7-5-6-10-22-16)19(24(14)20)13-8-9-17(25-4-2)15(21)11-13/h5-11,14,18-19H,3-4,12H2,1-2H3/t14-,18-,19+/m0/s1. The van der Waals surface area contributed by atoms with Gasteiger partial charge in [-0.25, -0.2) is 0 Å². The third kappa shape index (κ3) is 3.08. The van der Waals surface area contributed by atoms with Gasteiger partial charge in [-0.2, -0.15) is 0 Å². The molecule has 1 aromatic carbocycles. The Labute approximate surface area is 163 Å². The van der Waals surface area contributed by atoms with E-state index in [1.54, 1.807) is 0 Å². The summed E-state index contributed by atoms with van der Waals surface area (Å²) in [5, 5.41) is 1.78. The zero-order valence-corrected chi connectivity index (χ0v) is 16.5. The topological polar surface area (TPSA) is 37.7 Å². The zero-order valence-electron chi connectivity index (χ0n) is 14.9. The van der Waals surface area contributed by atoms with Crippen LogP contribution < -0.4 is 4.74 Å². The molecule has 0 N–H and O–H groups in total. The number of nitrogens with zero attached hydrogens (tertiary/aromatic N) is 3. The minimum Gasteiger partial charge on any atom is -0.492 e. The molecular formula is C20H22ClN3OS. The van der Waals surface area contributed by atoms with Crippen LogP contribution in [-0.4, -0.2) is 33.5 Å². The SMILES string of the molecule is CCOc1ccc([C@@H]2[C@H](c3ccccn3)N=C3SC[C@H](CC)N32)cc1Cl. The zero-order chi connectivity index (χ0) is 18.1. The highest BCUT2D eigenvalue weighted by atomic mass is 35.5. The van der Waals surface area contributed by atoms with Gasteiger partial charge in [0.05, 0.1) is 23.4 Å². The maximum Gasteiger partial charge on any atom is 0.160 e. The van der Waals surface area contributed by atoms with Gasteiger partial charge in [0.15, 0.2) is 5.17 Å². The van der Waals surface area contributed by atoms with E-state index in [1.165, 1.54) is 0 Å². The molecule has 4 nitrogen and oxygen atoms in total. The lowest BCUT2D eigenvalue weighted by molar-refractivity contribution is 0.255. The lowest BCUT2D eigenvalue weighted by Gasteiger charge is -2.32. The molecular weight excluding hydrogens is 366 g/mol. The number of hydrogen-bond acceptors (Lipinski definition) is 5. The summed E-state index contributed by atoms with van der Waals surface area (Å²) in [6, 6.07) is 12.7. The van der Waals surface area contributed by atoms with Crippen molar-refractivity contribution in [1.82, 2.24) is 9.88 Å². The highest BCUT2D eigenvalue weighted by molar-refractivity contribution is 8.14. The van der Waals surface area contributed by atoms with Gasteiger partial charge in [0.2, 0.25) is 0 Å². The van der Waals surface area contributed by atoms with Crippen LogP contribution >= 0.6 is 23.4 Å². The molecule has 0 unspecified atom stereocenters. The van der Waals surface area contributed by atoms with E-state index in [0.29, 0.717) is 17.7 Å². The van der Waals surface area contributed by atoms with Gasteiger partial charge in [0.1, 0.15) is 11.8 Å². The largest absolute Gasteiger partial charge is 0.492 e. The minimum absolute atomic E-state index is 0.0120. The van der Waals surface area contributed by atoms with Gasteiger partial charge in [-0.05, 0) is 43.2 Å². The van der Waals surface area contributed by atoms with E-state index in [9.17, 15) is 0 Å². The first-order valence-electron chi connectivity index (χ1n) is 9.05. The van der Waals surface area contributed by atoms with E-state index in [-0.39, 0.29) is 12.1 Å². The normalized spacial score (nSPS) is 24.5. The molecule has 1 saturated heterocycles. The van der Waals surface area contributed by atoms with Crippen LogP contribution in [0.5, 0.6) is 5.75 Å². The second-order valence-electron chi connectivity index (χ2n) is 6.46. The highest BCUT2D eigenvalue weighted by Crippen LogP contribution is 2.49. The van der Waals surface area contributed by atoms with Crippen LogP contribution in [0.15, 0.2) is 47.6 Å². The van der Waals surface area contributed by atoms with Gasteiger partial charge in [0.25, 0.3) is 0 Å². The Bertz CT molecular complexity index is 814. The number of rotatable bonds is 5. The molecule has 0 amide bonds. The van der Waals surface area contributed by atoms with E-state index in [0.717, 1.165) is 34.3 Å². The minimum atomic E-state index is -0.0120. The van der Waals surface area contributed by atoms with Gasteiger partial charge >= 0.3 is 0 Å². The number of benzene rings is 1. The van der Waals surface area contributed by atoms with Crippen molar-refractivity contribution in [3.63, 3.8) is 0 Å². The van der Waals surface area contributed by atoms with Crippen molar-refractivity contribution in [1.29, 1.82) is 0 Å². The smallest absolute Gasteiger partial charge is 0.160 e. The number of fused-ring (bicyclic) bond motifs is 1. The Morgan fingerprint density at radius 2 is 2.15 bits per heavy atom. The van der Waals surface area contributed by atoms with E-state index >= 15 is 0 Å². The van der Waals surface area contributed by atoms with Crippen molar-refractivity contribution in [3.05, 3.63) is 58.9 Å². The molecule has 2 aliphatic rings. The van der Waals surface area contributed by atoms with Crippen molar-refractivity contribution in [2.45, 2.75) is 38.4 Å². The van der Waals surface area contributed by atoms with Crippen LogP contribution in [0.4, 0.5) is 0 Å². The number of aromatic nitrogens is 1. The Hall–Kier alpha value is -1.72. The first kappa shape index (κ1) is 17.7. The second-order valence-corrected chi connectivity index (χ2v) is 7.85. The molecule has 0 saturated carbocycles. The van der Waals surface area contributed by atoms with Crippen LogP contribution in [0.1, 0.15) is 43.6 Å². The summed E-state index contributed by atoms with van der Waals surface area (Å²) < 4.78 is 5.60. The number of thioether (sulfide) groups is 1. The summed E-state index contributed by atoms with van der Waals surface area (Å²) in [6.07, 6.45) is 2.94. The van der Waals surface area contributed by atoms with E-state index < -0.39 is 0 Å². The van der Waals surface area contributed by atoms with E-state index in [2.05, 4.69) is 28.9 Å². The van der Waals surface area contributed by atoms with Crippen molar-refractivity contribution < 1.29 is 4.74 Å². The summed E-state index contributed by atoms with van der Waals surface area (Å²) in [5.74, 6) is 1.82. The van der Waals surface area contributed by atoms with Gasteiger partial charge in [-0.3, -0.25) is 9.98 Å². The molecule has 2 aromatic rings. The Kier molecular flexibility index (Phi) is 5.09. The summed E-state index contributed by atoms with van der Waals surface area (Å²) in [5.41, 5.74) is 2.16. The summed E-state index contributed by atoms with van der Waals surface area (Å²) >= 11 is 8.34. The Morgan fingerprint density at radius 3 is 2.85 bits per heavy atom. The second kappa shape index (κ2) is 7.49. The number of ether oxygens (including phenoxy) is 1. The molecule has 1 aromatic heterocycles. The average Bonchev–Trinajstić information content (AvgIpc) is 3.23. The van der Waals surface area contributed by atoms with E-state index in [4.69, 9.17) is 21.3 Å². The fourth-order valence-electron chi connectivity index (χ4n) is 3.68. The molecule has 1 fully saturated rings. The van der Waals surface area contributed by atoms with Crippen LogP contribution in [0.3, 0.4) is 0 Å². The molecule has 0 aliphatic carbocycles. The predicted octanol–water partition coefficient (Wildman–Crippen LogP) is 5.11. The molecule has 0 spiro atoms. The van der Waals surface area contributed by atoms with Gasteiger partial charge in [-0.15, -0.1) is 0 Å². The molecule has 6 heteroatoms. The fraction of sp³-hybridized carbons (Fsp3) is 0.400. The molecule has 26 heavy (non-hydrogen) atoms. The maximum atomic E-state index is 6.49.